The number of methoxy groups -OCH3 is 1. The van der Waals surface area contributed by atoms with E-state index in [-0.39, 0.29) is 15.7 Å². The van der Waals surface area contributed by atoms with Gasteiger partial charge in [0.15, 0.2) is 0 Å². The van der Waals surface area contributed by atoms with Crippen molar-refractivity contribution in [2.75, 3.05) is 26.7 Å². The number of fused-ring (bicyclic) bond motifs is 1. The Hall–Kier alpha value is -1.45. The Morgan fingerprint density at radius 3 is 2.48 bits per heavy atom. The van der Waals surface area contributed by atoms with Crippen molar-refractivity contribution >= 4 is 33.2 Å². The Morgan fingerprint density at radius 1 is 1.17 bits per heavy atom. The first-order valence-electron chi connectivity index (χ1n) is 10.3. The molecule has 162 valence electrons. The molecule has 1 saturated heterocycles. The molecule has 1 fully saturated rings. The summed E-state index contributed by atoms with van der Waals surface area (Å²) in [7, 11) is -2.48. The lowest BCUT2D eigenvalue weighted by molar-refractivity contribution is -0.133. The molecule has 0 aliphatic carbocycles. The van der Waals surface area contributed by atoms with Gasteiger partial charge >= 0.3 is 5.97 Å². The summed E-state index contributed by atoms with van der Waals surface area (Å²) < 4.78 is 33.1. The Kier molecular flexibility index (Phi) is 7.01. The Balaban J connectivity index is 1.94. The van der Waals surface area contributed by atoms with Crippen molar-refractivity contribution in [3.8, 4) is 0 Å². The van der Waals surface area contributed by atoms with Crippen LogP contribution in [0.1, 0.15) is 66.8 Å². The number of esters is 1. The van der Waals surface area contributed by atoms with Crippen molar-refractivity contribution in [2.24, 2.45) is 5.92 Å². The maximum atomic E-state index is 13.3. The number of hydrogen-bond donors (Lipinski definition) is 0. The van der Waals surface area contributed by atoms with Crippen LogP contribution >= 0.6 is 11.3 Å². The van der Waals surface area contributed by atoms with Crippen LogP contribution in [0.15, 0.2) is 4.21 Å². The predicted molar refractivity (Wildman–Crippen MR) is 111 cm³/mol. The molecule has 3 rings (SSSR count). The number of ether oxygens (including phenoxy) is 1. The molecule has 3 heterocycles. The molecule has 7 nitrogen and oxygen atoms in total. The van der Waals surface area contributed by atoms with Gasteiger partial charge in [0.25, 0.3) is 10.0 Å². The van der Waals surface area contributed by atoms with Gasteiger partial charge in [-0.1, -0.05) is 26.7 Å². The van der Waals surface area contributed by atoms with Gasteiger partial charge in [-0.15, -0.1) is 11.3 Å². The Labute approximate surface area is 177 Å². The SMILES string of the molecule is CCC(C)CC(=O)N1CCc2c(sc(S(=O)(=O)N3CCCCC3)c2C(=O)OC)C1. The highest BCUT2D eigenvalue weighted by atomic mass is 32.2. The monoisotopic (exact) mass is 442 g/mol. The number of carbonyl (C=O) groups excluding carboxylic acids is 2. The number of carbonyl (C=O) groups is 2. The summed E-state index contributed by atoms with van der Waals surface area (Å²) in [6.45, 7) is 5.92. The third kappa shape index (κ3) is 4.51. The van der Waals surface area contributed by atoms with Crippen LogP contribution in [-0.4, -0.2) is 56.2 Å². The Bertz CT molecular complexity index is 872. The third-order valence-electron chi connectivity index (χ3n) is 5.88. The smallest absolute Gasteiger partial charge is 0.340 e. The van der Waals surface area contributed by atoms with E-state index in [0.717, 1.165) is 47.5 Å². The summed E-state index contributed by atoms with van der Waals surface area (Å²) >= 11 is 1.13. The zero-order valence-electron chi connectivity index (χ0n) is 17.4. The molecule has 29 heavy (non-hydrogen) atoms. The molecule has 1 amide bonds. The number of rotatable bonds is 6. The molecule has 0 spiro atoms. The van der Waals surface area contributed by atoms with Gasteiger partial charge in [0.2, 0.25) is 5.91 Å². The van der Waals surface area contributed by atoms with Crippen molar-refractivity contribution in [3.63, 3.8) is 0 Å². The zero-order chi connectivity index (χ0) is 21.2. The molecule has 0 N–H and O–H groups in total. The number of piperidine rings is 1. The third-order valence-corrected chi connectivity index (χ3v) is 9.49. The predicted octanol–water partition coefficient (Wildman–Crippen LogP) is 3.03. The van der Waals surface area contributed by atoms with Gasteiger partial charge in [-0.05, 0) is 30.7 Å². The fourth-order valence-corrected chi connectivity index (χ4v) is 7.43. The van der Waals surface area contributed by atoms with Crippen molar-refractivity contribution in [1.29, 1.82) is 0 Å². The van der Waals surface area contributed by atoms with Crippen molar-refractivity contribution in [2.45, 2.75) is 63.1 Å². The molecule has 1 unspecified atom stereocenters. The number of sulfonamides is 1. The van der Waals surface area contributed by atoms with Crippen LogP contribution in [0.4, 0.5) is 0 Å². The summed E-state index contributed by atoms with van der Waals surface area (Å²) in [5, 5.41) is 0. The van der Waals surface area contributed by atoms with E-state index in [1.54, 1.807) is 4.90 Å². The molecule has 0 saturated carbocycles. The lowest BCUT2D eigenvalue weighted by atomic mass is 10.0. The Morgan fingerprint density at radius 2 is 1.86 bits per heavy atom. The van der Waals surface area contributed by atoms with E-state index in [1.807, 2.05) is 0 Å². The normalized spacial score (nSPS) is 18.9. The number of amides is 1. The van der Waals surface area contributed by atoms with E-state index in [2.05, 4.69) is 13.8 Å². The summed E-state index contributed by atoms with van der Waals surface area (Å²) in [5.74, 6) is -0.219. The van der Waals surface area contributed by atoms with Crippen LogP contribution in [0.3, 0.4) is 0 Å². The van der Waals surface area contributed by atoms with Gasteiger partial charge in [0.05, 0.1) is 19.2 Å². The topological polar surface area (TPSA) is 84.0 Å². The van der Waals surface area contributed by atoms with Gasteiger partial charge in [-0.2, -0.15) is 4.31 Å². The highest BCUT2D eigenvalue weighted by Crippen LogP contribution is 2.38. The minimum Gasteiger partial charge on any atom is -0.465 e. The van der Waals surface area contributed by atoms with Crippen molar-refractivity contribution in [1.82, 2.24) is 9.21 Å². The molecule has 1 atom stereocenters. The second-order valence-electron chi connectivity index (χ2n) is 7.91. The van der Waals surface area contributed by atoms with Crippen LogP contribution < -0.4 is 0 Å². The summed E-state index contributed by atoms with van der Waals surface area (Å²) in [4.78, 5) is 27.7. The number of thiophene rings is 1. The van der Waals surface area contributed by atoms with E-state index in [1.165, 1.54) is 11.4 Å². The quantitative estimate of drug-likeness (QED) is 0.633. The van der Waals surface area contributed by atoms with Crippen molar-refractivity contribution < 1.29 is 22.7 Å². The van der Waals surface area contributed by atoms with Gasteiger partial charge in [-0.25, -0.2) is 13.2 Å². The first kappa shape index (κ1) is 22.2. The van der Waals surface area contributed by atoms with E-state index < -0.39 is 16.0 Å². The summed E-state index contributed by atoms with van der Waals surface area (Å²) in [5.41, 5.74) is 0.900. The van der Waals surface area contributed by atoms with Crippen LogP contribution in [0.2, 0.25) is 0 Å². The highest BCUT2D eigenvalue weighted by Gasteiger charge is 2.37. The van der Waals surface area contributed by atoms with Crippen LogP contribution in [0, 0.1) is 5.92 Å². The molecular formula is C20H30N2O5S2. The van der Waals surface area contributed by atoms with Gasteiger partial charge < -0.3 is 9.64 Å². The minimum atomic E-state index is -3.75. The largest absolute Gasteiger partial charge is 0.465 e. The fourth-order valence-electron chi connectivity index (χ4n) is 3.88. The lowest BCUT2D eigenvalue weighted by Crippen LogP contribution is -2.36. The molecule has 1 aromatic rings. The van der Waals surface area contributed by atoms with E-state index in [4.69, 9.17) is 4.74 Å². The molecule has 0 aromatic carbocycles. The molecular weight excluding hydrogens is 412 g/mol. The summed E-state index contributed by atoms with van der Waals surface area (Å²) in [6.07, 6.45) is 4.57. The summed E-state index contributed by atoms with van der Waals surface area (Å²) in [6, 6.07) is 0. The van der Waals surface area contributed by atoms with Crippen LogP contribution in [0.5, 0.6) is 0 Å². The average Bonchev–Trinajstić information content (AvgIpc) is 3.13. The first-order valence-corrected chi connectivity index (χ1v) is 12.6. The van der Waals surface area contributed by atoms with Gasteiger partial charge in [0.1, 0.15) is 4.21 Å². The maximum absolute atomic E-state index is 13.3. The molecule has 9 heteroatoms. The van der Waals surface area contributed by atoms with E-state index in [9.17, 15) is 18.0 Å². The highest BCUT2D eigenvalue weighted by molar-refractivity contribution is 7.91. The standard InChI is InChI=1S/C20H30N2O5S2/c1-4-14(2)12-17(23)21-11-8-15-16(13-21)28-20(18(15)19(24)27-3)29(25,26)22-9-6-5-7-10-22/h14H,4-13H2,1-3H3. The molecule has 2 aliphatic rings. The molecule has 0 radical (unpaired) electrons. The number of hydrogen-bond acceptors (Lipinski definition) is 6. The van der Waals surface area contributed by atoms with Crippen LogP contribution in [-0.2, 0) is 32.5 Å². The van der Waals surface area contributed by atoms with Crippen molar-refractivity contribution in [3.05, 3.63) is 16.0 Å². The first-order chi connectivity index (χ1) is 13.8. The maximum Gasteiger partial charge on any atom is 0.340 e. The molecule has 0 bridgehead atoms. The average molecular weight is 443 g/mol. The van der Waals surface area contributed by atoms with E-state index in [0.29, 0.717) is 44.9 Å². The fraction of sp³-hybridized carbons (Fsp3) is 0.700. The lowest BCUT2D eigenvalue weighted by Gasteiger charge is -2.28. The van der Waals surface area contributed by atoms with Gasteiger partial charge in [0, 0.05) is 30.9 Å². The van der Waals surface area contributed by atoms with E-state index >= 15 is 0 Å². The molecule has 1 aromatic heterocycles. The second kappa shape index (κ2) is 9.14. The number of nitrogens with zero attached hydrogens (tertiary/aromatic N) is 2. The van der Waals surface area contributed by atoms with Crippen LogP contribution in [0.25, 0.3) is 0 Å². The second-order valence-corrected chi connectivity index (χ2v) is 11.1. The zero-order valence-corrected chi connectivity index (χ0v) is 19.0. The molecule has 2 aliphatic heterocycles. The van der Waals surface area contributed by atoms with Gasteiger partial charge in [-0.3, -0.25) is 4.79 Å². The minimum absolute atomic E-state index is 0.0764.